The highest BCUT2D eigenvalue weighted by Crippen LogP contribution is 2.14. The number of amides is 1. The van der Waals surface area contributed by atoms with E-state index < -0.39 is 0 Å². The number of carbonyl (C=O) groups excluding carboxylic acids is 1. The van der Waals surface area contributed by atoms with E-state index >= 15 is 0 Å². The minimum atomic E-state index is -0.0854. The fourth-order valence-corrected chi connectivity index (χ4v) is 1.94. The van der Waals surface area contributed by atoms with Crippen LogP contribution in [-0.2, 0) is 0 Å². The van der Waals surface area contributed by atoms with Crippen LogP contribution in [0, 0.1) is 5.92 Å². The number of hydrogen-bond donors (Lipinski definition) is 1. The molecule has 1 amide bonds. The van der Waals surface area contributed by atoms with Crippen LogP contribution >= 0.6 is 11.6 Å². The Labute approximate surface area is 113 Å². The van der Waals surface area contributed by atoms with Crippen LogP contribution in [0.5, 0.6) is 5.75 Å². The maximum Gasteiger partial charge on any atom is 0.251 e. The van der Waals surface area contributed by atoms with Gasteiger partial charge in [0.05, 0.1) is 7.11 Å². The van der Waals surface area contributed by atoms with E-state index in [4.69, 9.17) is 16.3 Å². The smallest absolute Gasteiger partial charge is 0.251 e. The topological polar surface area (TPSA) is 38.3 Å². The first-order chi connectivity index (χ1) is 8.58. The van der Waals surface area contributed by atoms with E-state index in [0.717, 1.165) is 6.42 Å². The summed E-state index contributed by atoms with van der Waals surface area (Å²) in [6, 6.07) is 7.22. The lowest BCUT2D eigenvalue weighted by atomic mass is 10.0. The van der Waals surface area contributed by atoms with Crippen LogP contribution < -0.4 is 10.1 Å². The molecule has 1 rings (SSSR count). The third-order valence-electron chi connectivity index (χ3n) is 2.87. The van der Waals surface area contributed by atoms with Gasteiger partial charge in [-0.1, -0.05) is 19.9 Å². The summed E-state index contributed by atoms with van der Waals surface area (Å²) in [5, 5.41) is 3.01. The number of carbonyl (C=O) groups is 1. The van der Waals surface area contributed by atoms with Crippen molar-refractivity contribution in [3.05, 3.63) is 29.8 Å². The summed E-state index contributed by atoms with van der Waals surface area (Å²) in [6.07, 6.45) is 0.773. The molecule has 0 bridgehead atoms. The number of alkyl halides is 1. The van der Waals surface area contributed by atoms with Crippen LogP contribution in [0.2, 0.25) is 0 Å². The van der Waals surface area contributed by atoms with Crippen molar-refractivity contribution in [1.82, 2.24) is 5.32 Å². The van der Waals surface area contributed by atoms with Gasteiger partial charge in [-0.2, -0.15) is 0 Å². The third kappa shape index (κ3) is 4.22. The van der Waals surface area contributed by atoms with Gasteiger partial charge in [-0.25, -0.2) is 0 Å². The van der Waals surface area contributed by atoms with Crippen LogP contribution in [0.15, 0.2) is 24.3 Å². The van der Waals surface area contributed by atoms with Crippen molar-refractivity contribution in [1.29, 1.82) is 0 Å². The molecular formula is C14H20ClNO2. The zero-order valence-corrected chi connectivity index (χ0v) is 11.8. The molecule has 0 aliphatic carbocycles. The van der Waals surface area contributed by atoms with Crippen molar-refractivity contribution in [2.45, 2.75) is 26.3 Å². The minimum Gasteiger partial charge on any atom is -0.497 e. The van der Waals surface area contributed by atoms with E-state index in [2.05, 4.69) is 19.2 Å². The van der Waals surface area contributed by atoms with Gasteiger partial charge < -0.3 is 10.1 Å². The molecule has 1 aromatic rings. The summed E-state index contributed by atoms with van der Waals surface area (Å²) in [5.41, 5.74) is 0.606. The van der Waals surface area contributed by atoms with Crippen LogP contribution in [-0.4, -0.2) is 24.9 Å². The molecule has 1 aromatic carbocycles. The summed E-state index contributed by atoms with van der Waals surface area (Å²) in [6.45, 7) is 4.14. The Morgan fingerprint density at radius 1 is 1.44 bits per heavy atom. The van der Waals surface area contributed by atoms with Gasteiger partial charge in [-0.05, 0) is 30.5 Å². The molecule has 0 saturated heterocycles. The molecule has 1 atom stereocenters. The monoisotopic (exact) mass is 269 g/mol. The number of methoxy groups -OCH3 is 1. The van der Waals surface area contributed by atoms with Gasteiger partial charge in [0, 0.05) is 17.5 Å². The van der Waals surface area contributed by atoms with Crippen molar-refractivity contribution in [3.8, 4) is 5.75 Å². The Morgan fingerprint density at radius 2 is 2.17 bits per heavy atom. The predicted octanol–water partition coefficient (Wildman–Crippen LogP) is 3.08. The number of ether oxygens (including phenoxy) is 1. The molecule has 100 valence electrons. The number of hydrogen-bond acceptors (Lipinski definition) is 2. The summed E-state index contributed by atoms with van der Waals surface area (Å²) >= 11 is 5.75. The van der Waals surface area contributed by atoms with Gasteiger partial charge in [0.15, 0.2) is 0 Å². The summed E-state index contributed by atoms with van der Waals surface area (Å²) in [7, 11) is 1.58. The molecular weight excluding hydrogens is 250 g/mol. The molecule has 0 aromatic heterocycles. The fraction of sp³-hybridized carbons (Fsp3) is 0.500. The third-order valence-corrected chi connectivity index (χ3v) is 3.09. The molecule has 0 radical (unpaired) electrons. The Bertz CT molecular complexity index is 393. The molecule has 0 aliphatic rings. The first kappa shape index (κ1) is 14.8. The Hall–Kier alpha value is -1.22. The van der Waals surface area contributed by atoms with Crippen LogP contribution in [0.25, 0.3) is 0 Å². The fourth-order valence-electron chi connectivity index (χ4n) is 1.71. The van der Waals surface area contributed by atoms with E-state index in [1.54, 1.807) is 25.3 Å². The van der Waals surface area contributed by atoms with Gasteiger partial charge in [0.25, 0.3) is 5.91 Å². The second-order valence-electron chi connectivity index (χ2n) is 4.53. The van der Waals surface area contributed by atoms with Crippen molar-refractivity contribution in [2.24, 2.45) is 5.92 Å². The molecule has 3 nitrogen and oxygen atoms in total. The Balaban J connectivity index is 2.73. The second-order valence-corrected chi connectivity index (χ2v) is 4.91. The summed E-state index contributed by atoms with van der Waals surface area (Å²) in [4.78, 5) is 12.1. The van der Waals surface area contributed by atoms with E-state index in [0.29, 0.717) is 23.1 Å². The lowest BCUT2D eigenvalue weighted by Gasteiger charge is -2.21. The molecule has 1 unspecified atom stereocenters. The lowest BCUT2D eigenvalue weighted by molar-refractivity contribution is 0.0924. The van der Waals surface area contributed by atoms with Crippen molar-refractivity contribution in [3.63, 3.8) is 0 Å². The molecule has 4 heteroatoms. The van der Waals surface area contributed by atoms with Gasteiger partial charge in [0.2, 0.25) is 0 Å². The van der Waals surface area contributed by atoms with E-state index in [1.165, 1.54) is 0 Å². The highest BCUT2D eigenvalue weighted by atomic mass is 35.5. The highest BCUT2D eigenvalue weighted by molar-refractivity contribution is 6.17. The van der Waals surface area contributed by atoms with E-state index in [1.807, 2.05) is 6.07 Å². The van der Waals surface area contributed by atoms with E-state index in [9.17, 15) is 4.79 Å². The first-order valence-electron chi connectivity index (χ1n) is 6.09. The Morgan fingerprint density at radius 3 is 2.72 bits per heavy atom. The highest BCUT2D eigenvalue weighted by Gasteiger charge is 2.16. The zero-order chi connectivity index (χ0) is 13.5. The molecule has 0 fully saturated rings. The normalized spacial score (nSPS) is 12.3. The van der Waals surface area contributed by atoms with Crippen molar-refractivity contribution < 1.29 is 9.53 Å². The Kier molecular flexibility index (Phi) is 5.99. The van der Waals surface area contributed by atoms with Crippen LogP contribution in [0.4, 0.5) is 0 Å². The summed E-state index contributed by atoms with van der Waals surface area (Å²) < 4.78 is 5.10. The van der Waals surface area contributed by atoms with Crippen LogP contribution in [0.1, 0.15) is 30.6 Å². The standard InChI is InChI=1S/C14H20ClNO2/c1-10(2)13(7-8-15)16-14(17)11-5-4-6-12(9-11)18-3/h4-6,9-10,13H,7-8H2,1-3H3,(H,16,17). The molecule has 0 heterocycles. The molecule has 0 aliphatic heterocycles. The molecule has 0 saturated carbocycles. The summed E-state index contributed by atoms with van der Waals surface area (Å²) in [5.74, 6) is 1.50. The SMILES string of the molecule is COc1cccc(C(=O)NC(CCCl)C(C)C)c1. The zero-order valence-electron chi connectivity index (χ0n) is 11.1. The second kappa shape index (κ2) is 7.27. The predicted molar refractivity (Wildman–Crippen MR) is 74.4 cm³/mol. The van der Waals surface area contributed by atoms with Crippen molar-refractivity contribution in [2.75, 3.05) is 13.0 Å². The van der Waals surface area contributed by atoms with Crippen LogP contribution in [0.3, 0.4) is 0 Å². The molecule has 0 spiro atoms. The van der Waals surface area contributed by atoms with Gasteiger partial charge in [-0.3, -0.25) is 4.79 Å². The molecule has 1 N–H and O–H groups in total. The number of nitrogens with one attached hydrogen (secondary N) is 1. The first-order valence-corrected chi connectivity index (χ1v) is 6.62. The van der Waals surface area contributed by atoms with E-state index in [-0.39, 0.29) is 11.9 Å². The lowest BCUT2D eigenvalue weighted by Crippen LogP contribution is -2.38. The number of rotatable bonds is 6. The van der Waals surface area contributed by atoms with Gasteiger partial charge in [0.1, 0.15) is 5.75 Å². The number of halogens is 1. The minimum absolute atomic E-state index is 0.0854. The maximum atomic E-state index is 12.1. The maximum absolute atomic E-state index is 12.1. The molecule has 18 heavy (non-hydrogen) atoms. The average molecular weight is 270 g/mol. The number of benzene rings is 1. The van der Waals surface area contributed by atoms with Crippen molar-refractivity contribution >= 4 is 17.5 Å². The quantitative estimate of drug-likeness (QED) is 0.806. The van der Waals surface area contributed by atoms with Gasteiger partial charge >= 0.3 is 0 Å². The average Bonchev–Trinajstić information content (AvgIpc) is 2.38. The largest absolute Gasteiger partial charge is 0.497 e. The van der Waals surface area contributed by atoms with Gasteiger partial charge in [-0.15, -0.1) is 11.6 Å².